The van der Waals surface area contributed by atoms with Crippen LogP contribution in [0.1, 0.15) is 13.3 Å². The predicted molar refractivity (Wildman–Crippen MR) is 123 cm³/mol. The highest BCUT2D eigenvalue weighted by atomic mass is 16.5. The molecule has 4 aromatic carbocycles. The molecule has 0 saturated carbocycles. The van der Waals surface area contributed by atoms with Gasteiger partial charge in [-0.3, -0.25) is 0 Å². The van der Waals surface area contributed by atoms with Gasteiger partial charge in [0, 0.05) is 5.56 Å². The summed E-state index contributed by atoms with van der Waals surface area (Å²) in [7, 11) is 0. The molecule has 0 aliphatic carbocycles. The van der Waals surface area contributed by atoms with E-state index in [-0.39, 0.29) is 11.8 Å². The molecule has 5 heteroatoms. The Morgan fingerprint density at radius 3 is 2.03 bits per heavy atom. The van der Waals surface area contributed by atoms with E-state index in [0.717, 1.165) is 33.5 Å². The highest BCUT2D eigenvalue weighted by molar-refractivity contribution is 6.11. The number of benzene rings is 4. The predicted octanol–water partition coefficient (Wildman–Crippen LogP) is 6.01. The largest absolute Gasteiger partial charge is 0.507 e. The van der Waals surface area contributed by atoms with Crippen LogP contribution < -0.4 is 4.74 Å². The van der Waals surface area contributed by atoms with E-state index in [9.17, 15) is 5.11 Å². The minimum absolute atomic E-state index is 0.115. The van der Waals surface area contributed by atoms with Crippen LogP contribution >= 0.6 is 0 Å². The van der Waals surface area contributed by atoms with E-state index in [2.05, 4.69) is 40.3 Å². The van der Waals surface area contributed by atoms with Gasteiger partial charge in [0.25, 0.3) is 0 Å². The number of ether oxygens (including phenoxy) is 1. The topological polar surface area (TPSA) is 68.1 Å². The maximum Gasteiger partial charge on any atom is 0.320 e. The molecule has 0 spiro atoms. The molecule has 0 unspecified atom stereocenters. The van der Waals surface area contributed by atoms with Crippen LogP contribution in [-0.2, 0) is 0 Å². The summed E-state index contributed by atoms with van der Waals surface area (Å²) < 4.78 is 5.80. The van der Waals surface area contributed by atoms with Crippen LogP contribution in [0, 0.1) is 0 Å². The van der Waals surface area contributed by atoms with Gasteiger partial charge < -0.3 is 9.84 Å². The number of phenolic OH excluding ortho intramolecular Hbond substituents is 1. The number of hydrogen-bond acceptors (Lipinski definition) is 5. The third-order valence-corrected chi connectivity index (χ3v) is 5.19. The van der Waals surface area contributed by atoms with Gasteiger partial charge in [0.05, 0.1) is 12.2 Å². The van der Waals surface area contributed by atoms with Gasteiger partial charge in [-0.15, -0.1) is 0 Å². The average molecular weight is 407 g/mol. The summed E-state index contributed by atoms with van der Waals surface area (Å²) in [6.45, 7) is 2.53. The third kappa shape index (κ3) is 3.55. The molecule has 152 valence electrons. The lowest BCUT2D eigenvalue weighted by Crippen LogP contribution is -2.05. The molecule has 5 rings (SSSR count). The Morgan fingerprint density at radius 2 is 1.35 bits per heavy atom. The Bertz CT molecular complexity index is 1340. The number of nitrogens with zero attached hydrogens (tertiary/aromatic N) is 3. The molecular weight excluding hydrogens is 386 g/mol. The second-order valence-electron chi connectivity index (χ2n) is 7.32. The van der Waals surface area contributed by atoms with Gasteiger partial charge in [0.15, 0.2) is 11.6 Å². The van der Waals surface area contributed by atoms with Crippen LogP contribution in [0.25, 0.3) is 44.3 Å². The molecule has 31 heavy (non-hydrogen) atoms. The zero-order chi connectivity index (χ0) is 21.2. The number of phenols is 1. The van der Waals surface area contributed by atoms with Crippen molar-refractivity contribution in [1.82, 2.24) is 15.0 Å². The summed E-state index contributed by atoms with van der Waals surface area (Å²) >= 11 is 0. The van der Waals surface area contributed by atoms with E-state index >= 15 is 0 Å². The number of rotatable bonds is 5. The maximum absolute atomic E-state index is 10.4. The van der Waals surface area contributed by atoms with Gasteiger partial charge in [-0.05, 0) is 46.2 Å². The quantitative estimate of drug-likeness (QED) is 0.362. The molecule has 0 bridgehead atoms. The summed E-state index contributed by atoms with van der Waals surface area (Å²) in [4.78, 5) is 13.9. The molecule has 1 aromatic heterocycles. The Morgan fingerprint density at radius 1 is 0.742 bits per heavy atom. The van der Waals surface area contributed by atoms with Crippen molar-refractivity contribution < 1.29 is 9.84 Å². The van der Waals surface area contributed by atoms with Crippen molar-refractivity contribution in [3.05, 3.63) is 78.9 Å². The third-order valence-electron chi connectivity index (χ3n) is 5.19. The van der Waals surface area contributed by atoms with E-state index in [1.165, 1.54) is 0 Å². The van der Waals surface area contributed by atoms with Gasteiger partial charge >= 0.3 is 6.01 Å². The smallest absolute Gasteiger partial charge is 0.320 e. The molecular formula is C26H21N3O2. The highest BCUT2D eigenvalue weighted by Gasteiger charge is 2.17. The zero-order valence-corrected chi connectivity index (χ0v) is 17.1. The summed E-state index contributed by atoms with van der Waals surface area (Å²) in [5, 5.41) is 14.7. The summed E-state index contributed by atoms with van der Waals surface area (Å²) in [6.07, 6.45) is 0.837. The second kappa shape index (κ2) is 8.03. The van der Waals surface area contributed by atoms with Crippen molar-refractivity contribution in [3.8, 4) is 34.5 Å². The van der Waals surface area contributed by atoms with E-state index in [1.807, 2.05) is 37.3 Å². The number of para-hydroxylation sites is 1. The minimum atomic E-state index is 0.115. The van der Waals surface area contributed by atoms with Crippen molar-refractivity contribution >= 4 is 21.5 Å². The number of aromatic hydroxyl groups is 1. The summed E-state index contributed by atoms with van der Waals surface area (Å²) in [5.41, 5.74) is 1.46. The minimum Gasteiger partial charge on any atom is -0.507 e. The fourth-order valence-electron chi connectivity index (χ4n) is 3.76. The molecule has 1 heterocycles. The van der Waals surface area contributed by atoms with E-state index in [1.54, 1.807) is 18.2 Å². The standard InChI is InChI=1S/C26H21N3O2/c1-2-15-31-26-28-24(21-13-7-8-14-22(21)30)27-25(29-26)23-19-11-5-3-9-17(19)16-18-10-4-6-12-20(18)23/h3-14,16,30H,2,15H2,1H3. The summed E-state index contributed by atoms with van der Waals surface area (Å²) in [6, 6.07) is 25.9. The first-order valence-electron chi connectivity index (χ1n) is 10.3. The molecule has 0 aliphatic heterocycles. The normalized spacial score (nSPS) is 11.1. The Hall–Kier alpha value is -3.99. The molecule has 0 atom stereocenters. The molecule has 5 nitrogen and oxygen atoms in total. The molecule has 1 N–H and O–H groups in total. The van der Waals surface area contributed by atoms with Gasteiger partial charge in [-0.2, -0.15) is 9.97 Å². The Labute approximate surface area is 180 Å². The lowest BCUT2D eigenvalue weighted by molar-refractivity contribution is 0.292. The SMILES string of the molecule is CCCOc1nc(-c2ccccc2O)nc(-c2c3ccccc3cc3ccccc23)n1. The van der Waals surface area contributed by atoms with Gasteiger partial charge in [0.2, 0.25) is 0 Å². The van der Waals surface area contributed by atoms with Gasteiger partial charge in [-0.25, -0.2) is 4.98 Å². The van der Waals surface area contributed by atoms with E-state index in [4.69, 9.17) is 9.72 Å². The molecule has 5 aromatic rings. The van der Waals surface area contributed by atoms with Crippen molar-refractivity contribution in [3.63, 3.8) is 0 Å². The molecule has 0 aliphatic rings. The van der Waals surface area contributed by atoms with Gasteiger partial charge in [-0.1, -0.05) is 67.6 Å². The molecule has 0 amide bonds. The van der Waals surface area contributed by atoms with Crippen molar-refractivity contribution in [1.29, 1.82) is 0 Å². The van der Waals surface area contributed by atoms with E-state index < -0.39 is 0 Å². The first-order chi connectivity index (χ1) is 15.2. The number of hydrogen-bond donors (Lipinski definition) is 1. The fraction of sp³-hybridized carbons (Fsp3) is 0.115. The van der Waals surface area contributed by atoms with Crippen LogP contribution in [-0.4, -0.2) is 26.7 Å². The molecule has 0 fully saturated rings. The fourth-order valence-corrected chi connectivity index (χ4v) is 3.76. The maximum atomic E-state index is 10.4. The van der Waals surface area contributed by atoms with Crippen LogP contribution in [0.15, 0.2) is 78.9 Å². The van der Waals surface area contributed by atoms with Crippen molar-refractivity contribution in [2.24, 2.45) is 0 Å². The highest BCUT2D eigenvalue weighted by Crippen LogP contribution is 2.36. The van der Waals surface area contributed by atoms with Crippen LogP contribution in [0.2, 0.25) is 0 Å². The van der Waals surface area contributed by atoms with E-state index in [0.29, 0.717) is 23.8 Å². The molecule has 0 radical (unpaired) electrons. The Balaban J connectivity index is 1.83. The lowest BCUT2D eigenvalue weighted by Gasteiger charge is -2.13. The van der Waals surface area contributed by atoms with Gasteiger partial charge in [0.1, 0.15) is 5.75 Å². The van der Waals surface area contributed by atoms with Crippen LogP contribution in [0.5, 0.6) is 11.8 Å². The number of fused-ring (bicyclic) bond motifs is 2. The Kier molecular flexibility index (Phi) is 4.92. The second-order valence-corrected chi connectivity index (χ2v) is 7.32. The molecule has 0 saturated heterocycles. The number of aromatic nitrogens is 3. The lowest BCUT2D eigenvalue weighted by atomic mass is 9.96. The average Bonchev–Trinajstić information content (AvgIpc) is 2.81. The first-order valence-corrected chi connectivity index (χ1v) is 10.3. The van der Waals surface area contributed by atoms with Crippen LogP contribution in [0.3, 0.4) is 0 Å². The zero-order valence-electron chi connectivity index (χ0n) is 17.1. The summed E-state index contributed by atoms with van der Waals surface area (Å²) in [5.74, 6) is 1.02. The monoisotopic (exact) mass is 407 g/mol. The first kappa shape index (κ1) is 19.0. The van der Waals surface area contributed by atoms with Crippen molar-refractivity contribution in [2.75, 3.05) is 6.61 Å². The van der Waals surface area contributed by atoms with Crippen LogP contribution in [0.4, 0.5) is 0 Å². The van der Waals surface area contributed by atoms with Crippen molar-refractivity contribution in [2.45, 2.75) is 13.3 Å².